The van der Waals surface area contributed by atoms with E-state index in [0.29, 0.717) is 17.5 Å². The van der Waals surface area contributed by atoms with E-state index < -0.39 is 0 Å². The summed E-state index contributed by atoms with van der Waals surface area (Å²) in [6, 6.07) is 3.50. The molecule has 0 N–H and O–H groups in total. The third-order valence-corrected chi connectivity index (χ3v) is 2.13. The van der Waals surface area contributed by atoms with Gasteiger partial charge in [0.05, 0.1) is 12.0 Å². The first-order chi connectivity index (χ1) is 7.25. The average Bonchev–Trinajstić information content (AvgIpc) is 2.63. The summed E-state index contributed by atoms with van der Waals surface area (Å²) in [6.07, 6.45) is 5.25. The lowest BCUT2D eigenvalue weighted by molar-refractivity contribution is 0.290. The van der Waals surface area contributed by atoms with E-state index >= 15 is 0 Å². The van der Waals surface area contributed by atoms with E-state index in [1.807, 2.05) is 17.8 Å². The summed E-state index contributed by atoms with van der Waals surface area (Å²) in [5.41, 5.74) is 0.846. The quantitative estimate of drug-likeness (QED) is 0.851. The highest BCUT2D eigenvalue weighted by molar-refractivity contribution is 6.31. The molecule has 4 nitrogen and oxygen atoms in total. The van der Waals surface area contributed by atoms with Crippen LogP contribution in [0.3, 0.4) is 0 Å². The Kier molecular flexibility index (Phi) is 4.58. The number of aromatic nitrogens is 3. The highest BCUT2D eigenvalue weighted by Crippen LogP contribution is 2.20. The molecule has 0 aromatic carbocycles. The molecule has 0 aliphatic carbocycles. The summed E-state index contributed by atoms with van der Waals surface area (Å²) in [5.74, 6) is 0.435. The molecular formula is C10H11Cl2N3O. The molecule has 0 amide bonds. The lowest BCUT2D eigenvalue weighted by atomic mass is 10.5. The summed E-state index contributed by atoms with van der Waals surface area (Å²) in [6.45, 7) is 0.373. The standard InChI is InChI=1S/C10H10ClN3O.ClH/c1-14-5-8(13-7-14)6-15-10-9(11)3-2-4-12-10;/h2-5,7H,6H2,1H3;1H. The van der Waals surface area contributed by atoms with E-state index in [0.717, 1.165) is 5.69 Å². The number of hydrogen-bond acceptors (Lipinski definition) is 3. The van der Waals surface area contributed by atoms with E-state index in [2.05, 4.69) is 9.97 Å². The van der Waals surface area contributed by atoms with Crippen molar-refractivity contribution < 1.29 is 4.74 Å². The van der Waals surface area contributed by atoms with Crippen molar-refractivity contribution >= 4 is 24.0 Å². The minimum Gasteiger partial charge on any atom is -0.470 e. The van der Waals surface area contributed by atoms with Crippen LogP contribution in [0.25, 0.3) is 0 Å². The summed E-state index contributed by atoms with van der Waals surface area (Å²) >= 11 is 5.88. The number of halogens is 2. The van der Waals surface area contributed by atoms with Crippen molar-refractivity contribution in [1.29, 1.82) is 0 Å². The smallest absolute Gasteiger partial charge is 0.232 e. The first-order valence-corrected chi connectivity index (χ1v) is 4.83. The van der Waals surface area contributed by atoms with E-state index in [4.69, 9.17) is 16.3 Å². The molecule has 0 atom stereocenters. The van der Waals surface area contributed by atoms with Gasteiger partial charge in [0.1, 0.15) is 11.6 Å². The normalized spacial score (nSPS) is 9.62. The van der Waals surface area contributed by atoms with Crippen molar-refractivity contribution in [3.63, 3.8) is 0 Å². The van der Waals surface area contributed by atoms with Gasteiger partial charge in [0.2, 0.25) is 5.88 Å². The van der Waals surface area contributed by atoms with Crippen molar-refractivity contribution in [2.24, 2.45) is 7.05 Å². The summed E-state index contributed by atoms with van der Waals surface area (Å²) in [7, 11) is 1.91. The Balaban J connectivity index is 0.00000128. The Morgan fingerprint density at radius 3 is 2.88 bits per heavy atom. The predicted octanol–water partition coefficient (Wildman–Crippen LogP) is 2.47. The topological polar surface area (TPSA) is 39.9 Å². The SMILES string of the molecule is Cl.Cn1cnc(COc2ncccc2Cl)c1. The van der Waals surface area contributed by atoms with Gasteiger partial charge in [-0.1, -0.05) is 11.6 Å². The maximum Gasteiger partial charge on any atom is 0.232 e. The largest absolute Gasteiger partial charge is 0.470 e. The highest BCUT2D eigenvalue weighted by Gasteiger charge is 2.03. The monoisotopic (exact) mass is 259 g/mol. The number of aryl methyl sites for hydroxylation is 1. The molecule has 0 aliphatic heterocycles. The predicted molar refractivity (Wildman–Crippen MR) is 64.0 cm³/mol. The molecule has 0 spiro atoms. The van der Waals surface area contributed by atoms with Gasteiger partial charge in [-0.25, -0.2) is 9.97 Å². The maximum absolute atomic E-state index is 5.88. The first kappa shape index (κ1) is 12.8. The zero-order valence-electron chi connectivity index (χ0n) is 8.63. The number of ether oxygens (including phenoxy) is 1. The van der Waals surface area contributed by atoms with Crippen molar-refractivity contribution in [1.82, 2.24) is 14.5 Å². The van der Waals surface area contributed by atoms with Crippen LogP contribution in [0, 0.1) is 0 Å². The van der Waals surface area contributed by atoms with Gasteiger partial charge < -0.3 is 9.30 Å². The van der Waals surface area contributed by atoms with Gasteiger partial charge in [0.25, 0.3) is 0 Å². The van der Waals surface area contributed by atoms with Gasteiger partial charge >= 0.3 is 0 Å². The molecule has 0 aliphatic rings. The van der Waals surface area contributed by atoms with Crippen LogP contribution in [0.5, 0.6) is 5.88 Å². The second-order valence-corrected chi connectivity index (χ2v) is 3.52. The summed E-state index contributed by atoms with van der Waals surface area (Å²) in [4.78, 5) is 8.14. The highest BCUT2D eigenvalue weighted by atomic mass is 35.5. The van der Waals surface area contributed by atoms with Gasteiger partial charge in [-0.3, -0.25) is 0 Å². The van der Waals surface area contributed by atoms with E-state index in [9.17, 15) is 0 Å². The first-order valence-electron chi connectivity index (χ1n) is 4.46. The maximum atomic E-state index is 5.88. The molecule has 16 heavy (non-hydrogen) atoms. The molecule has 0 saturated heterocycles. The van der Waals surface area contributed by atoms with Crippen molar-refractivity contribution in [2.45, 2.75) is 6.61 Å². The van der Waals surface area contributed by atoms with Gasteiger partial charge in [0.15, 0.2) is 0 Å². The van der Waals surface area contributed by atoms with Crippen molar-refractivity contribution in [3.8, 4) is 5.88 Å². The number of rotatable bonds is 3. The number of imidazole rings is 1. The molecule has 2 rings (SSSR count). The Bertz CT molecular complexity index is 459. The summed E-state index contributed by atoms with van der Waals surface area (Å²) in [5, 5.41) is 0.508. The molecule has 2 heterocycles. The van der Waals surface area contributed by atoms with Crippen LogP contribution in [0.15, 0.2) is 30.9 Å². The van der Waals surface area contributed by atoms with E-state index in [1.165, 1.54) is 0 Å². The fourth-order valence-electron chi connectivity index (χ4n) is 1.16. The van der Waals surface area contributed by atoms with Crippen LogP contribution < -0.4 is 4.74 Å². The molecule has 0 unspecified atom stereocenters. The van der Waals surface area contributed by atoms with Gasteiger partial charge in [-0.15, -0.1) is 12.4 Å². The average molecular weight is 260 g/mol. The molecular weight excluding hydrogens is 249 g/mol. The molecule has 86 valence electrons. The van der Waals surface area contributed by atoms with E-state index in [1.54, 1.807) is 24.7 Å². The van der Waals surface area contributed by atoms with Gasteiger partial charge in [-0.05, 0) is 12.1 Å². The van der Waals surface area contributed by atoms with Crippen molar-refractivity contribution in [2.75, 3.05) is 0 Å². The Morgan fingerprint density at radius 2 is 2.25 bits per heavy atom. The Hall–Kier alpha value is -1.26. The number of pyridine rings is 1. The molecule has 0 bridgehead atoms. The summed E-state index contributed by atoms with van der Waals surface area (Å²) < 4.78 is 7.28. The molecule has 0 fully saturated rings. The molecule has 6 heteroatoms. The van der Waals surface area contributed by atoms with Crippen LogP contribution in [-0.4, -0.2) is 14.5 Å². The molecule has 2 aromatic heterocycles. The molecule has 0 saturated carbocycles. The van der Waals surface area contributed by atoms with Crippen LogP contribution in [0.2, 0.25) is 5.02 Å². The van der Waals surface area contributed by atoms with Crippen LogP contribution in [-0.2, 0) is 13.7 Å². The lowest BCUT2D eigenvalue weighted by Gasteiger charge is -2.03. The number of hydrogen-bond donors (Lipinski definition) is 0. The second-order valence-electron chi connectivity index (χ2n) is 3.11. The van der Waals surface area contributed by atoms with Gasteiger partial charge in [-0.2, -0.15) is 0 Å². The lowest BCUT2D eigenvalue weighted by Crippen LogP contribution is -1.97. The third kappa shape index (κ3) is 3.12. The zero-order chi connectivity index (χ0) is 10.7. The van der Waals surface area contributed by atoms with Crippen LogP contribution in [0.1, 0.15) is 5.69 Å². The van der Waals surface area contributed by atoms with Crippen LogP contribution in [0.4, 0.5) is 0 Å². The molecule has 2 aromatic rings. The zero-order valence-corrected chi connectivity index (χ0v) is 10.2. The third-order valence-electron chi connectivity index (χ3n) is 1.84. The van der Waals surface area contributed by atoms with Gasteiger partial charge in [0, 0.05) is 19.4 Å². The second kappa shape index (κ2) is 5.72. The fourth-order valence-corrected chi connectivity index (χ4v) is 1.34. The van der Waals surface area contributed by atoms with Crippen LogP contribution >= 0.6 is 24.0 Å². The fraction of sp³-hybridized carbons (Fsp3) is 0.200. The minimum absolute atomic E-state index is 0. The van der Waals surface area contributed by atoms with Crippen molar-refractivity contribution in [3.05, 3.63) is 41.6 Å². The minimum atomic E-state index is 0. The van der Waals surface area contributed by atoms with E-state index in [-0.39, 0.29) is 12.4 Å². The Morgan fingerprint density at radius 1 is 1.44 bits per heavy atom. The Labute approximate surface area is 105 Å². The molecule has 0 radical (unpaired) electrons. The number of nitrogens with zero attached hydrogens (tertiary/aromatic N) is 3.